The number of carboxylic acid groups (broad SMARTS) is 1. The zero-order chi connectivity index (χ0) is 18.9. The Labute approximate surface area is 148 Å². The Morgan fingerprint density at radius 1 is 1.35 bits per heavy atom. The van der Waals surface area contributed by atoms with Crippen molar-refractivity contribution in [2.45, 2.75) is 31.4 Å². The molecule has 0 amide bonds. The Bertz CT molecular complexity index is 923. The summed E-state index contributed by atoms with van der Waals surface area (Å²) in [5.41, 5.74) is 4.28. The van der Waals surface area contributed by atoms with Crippen molar-refractivity contribution >= 4 is 22.8 Å². The highest BCUT2D eigenvalue weighted by Gasteiger charge is 2.52. The summed E-state index contributed by atoms with van der Waals surface area (Å²) in [7, 11) is 0. The first kappa shape index (κ1) is 17.8. The number of para-hydroxylation sites is 1. The molecule has 0 aliphatic heterocycles. The second-order valence-corrected chi connectivity index (χ2v) is 6.39. The lowest BCUT2D eigenvalue weighted by atomic mass is 9.71. The van der Waals surface area contributed by atoms with E-state index in [1.54, 1.807) is 18.2 Å². The zero-order valence-electron chi connectivity index (χ0n) is 13.8. The molecule has 8 nitrogen and oxygen atoms in total. The van der Waals surface area contributed by atoms with Crippen LogP contribution in [0.3, 0.4) is 0 Å². The van der Waals surface area contributed by atoms with Gasteiger partial charge in [0.1, 0.15) is 17.3 Å². The lowest BCUT2D eigenvalue weighted by molar-refractivity contribution is -0.168. The fraction of sp³-hybridized carbons (Fsp3) is 0.333. The highest BCUT2D eigenvalue weighted by atomic mass is 16.5. The number of pyridine rings is 1. The van der Waals surface area contributed by atoms with Crippen LogP contribution in [-0.4, -0.2) is 39.3 Å². The highest BCUT2D eigenvalue weighted by molar-refractivity contribution is 6.01. The maximum absolute atomic E-state index is 12.7. The standard InChI is InChI=1S/C18H17N3O5/c19-9-11-5-4-10-2-1-3-14(15(10)21-11)26-17(25)18(16(23)24)7-6-12(20)13(22)8-18/h1-5,12-13,22H,6-8,20H2,(H,23,24)/t12-,13-,18-/m1/s1. The largest absolute Gasteiger partial charge is 0.480 e. The average Bonchev–Trinajstić information content (AvgIpc) is 2.63. The molecule has 0 unspecified atom stereocenters. The second kappa shape index (κ2) is 6.71. The minimum absolute atomic E-state index is 0.0268. The molecule has 134 valence electrons. The molecule has 1 aliphatic carbocycles. The van der Waals surface area contributed by atoms with Gasteiger partial charge in [0.05, 0.1) is 6.10 Å². The minimum Gasteiger partial charge on any atom is -0.480 e. The number of carbonyl (C=O) groups is 2. The van der Waals surface area contributed by atoms with E-state index < -0.39 is 29.5 Å². The number of fused-ring (bicyclic) bond motifs is 1. The van der Waals surface area contributed by atoms with Crippen LogP contribution in [-0.2, 0) is 9.59 Å². The van der Waals surface area contributed by atoms with Crippen molar-refractivity contribution in [2.75, 3.05) is 0 Å². The van der Waals surface area contributed by atoms with Gasteiger partial charge in [0, 0.05) is 17.8 Å². The van der Waals surface area contributed by atoms with Crippen LogP contribution < -0.4 is 10.5 Å². The number of carbonyl (C=O) groups excluding carboxylic acids is 1. The number of hydrogen-bond acceptors (Lipinski definition) is 7. The number of hydrogen-bond donors (Lipinski definition) is 3. The van der Waals surface area contributed by atoms with Crippen molar-refractivity contribution in [3.05, 3.63) is 36.0 Å². The molecule has 1 heterocycles. The maximum Gasteiger partial charge on any atom is 0.329 e. The Hall–Kier alpha value is -3.02. The zero-order valence-corrected chi connectivity index (χ0v) is 13.8. The van der Waals surface area contributed by atoms with Crippen LogP contribution in [0.2, 0.25) is 0 Å². The summed E-state index contributed by atoms with van der Waals surface area (Å²) in [6.45, 7) is 0. The van der Waals surface area contributed by atoms with Gasteiger partial charge < -0.3 is 20.7 Å². The van der Waals surface area contributed by atoms with Gasteiger partial charge in [-0.1, -0.05) is 12.1 Å². The first-order chi connectivity index (χ1) is 12.4. The van der Waals surface area contributed by atoms with E-state index in [2.05, 4.69) is 4.98 Å². The lowest BCUT2D eigenvalue weighted by Crippen LogP contribution is -2.53. The summed E-state index contributed by atoms with van der Waals surface area (Å²) in [4.78, 5) is 28.7. The van der Waals surface area contributed by atoms with Crippen molar-refractivity contribution in [1.82, 2.24) is 4.98 Å². The molecule has 1 fully saturated rings. The van der Waals surface area contributed by atoms with Gasteiger partial charge in [-0.05, 0) is 31.0 Å². The number of rotatable bonds is 3. The molecule has 1 aromatic heterocycles. The molecule has 0 spiro atoms. The number of aliphatic carboxylic acids is 1. The number of esters is 1. The number of nitrogens with two attached hydrogens (primary N) is 1. The third-order valence-corrected chi connectivity index (χ3v) is 4.76. The molecule has 1 saturated carbocycles. The van der Waals surface area contributed by atoms with Crippen LogP contribution in [0.4, 0.5) is 0 Å². The van der Waals surface area contributed by atoms with E-state index in [0.717, 1.165) is 0 Å². The fourth-order valence-electron chi connectivity index (χ4n) is 3.14. The van der Waals surface area contributed by atoms with Crippen LogP contribution >= 0.6 is 0 Å². The highest BCUT2D eigenvalue weighted by Crippen LogP contribution is 2.38. The number of aliphatic hydroxyl groups excluding tert-OH is 1. The summed E-state index contributed by atoms with van der Waals surface area (Å²) in [5, 5.41) is 29.2. The topological polar surface area (TPSA) is 147 Å². The van der Waals surface area contributed by atoms with E-state index in [9.17, 15) is 19.8 Å². The molecular formula is C18H17N3O5. The quantitative estimate of drug-likeness (QED) is 0.419. The fourth-order valence-corrected chi connectivity index (χ4v) is 3.14. The first-order valence-corrected chi connectivity index (χ1v) is 8.06. The molecule has 2 aromatic rings. The van der Waals surface area contributed by atoms with Crippen LogP contribution in [0.15, 0.2) is 30.3 Å². The number of nitriles is 1. The molecule has 0 saturated heterocycles. The number of aromatic nitrogens is 1. The van der Waals surface area contributed by atoms with E-state index in [-0.39, 0.29) is 36.2 Å². The summed E-state index contributed by atoms with van der Waals surface area (Å²) >= 11 is 0. The molecule has 0 radical (unpaired) electrons. The van der Waals surface area contributed by atoms with Gasteiger partial charge in [0.2, 0.25) is 0 Å². The van der Waals surface area contributed by atoms with Gasteiger partial charge in [0.25, 0.3) is 0 Å². The van der Waals surface area contributed by atoms with Crippen LogP contribution in [0, 0.1) is 16.7 Å². The monoisotopic (exact) mass is 355 g/mol. The van der Waals surface area contributed by atoms with Crippen molar-refractivity contribution < 1.29 is 24.5 Å². The molecule has 1 aliphatic rings. The number of nitrogens with zero attached hydrogens (tertiary/aromatic N) is 2. The molecule has 3 atom stereocenters. The SMILES string of the molecule is N#Cc1ccc2cccc(OC(=O)[C@]3(C(=O)O)CC[C@@H](N)[C@H](O)C3)c2n1. The average molecular weight is 355 g/mol. The Balaban J connectivity index is 1.97. The minimum atomic E-state index is -1.87. The summed E-state index contributed by atoms with van der Waals surface area (Å²) in [6, 6.07) is 9.38. The third-order valence-electron chi connectivity index (χ3n) is 4.76. The van der Waals surface area contributed by atoms with Gasteiger partial charge in [-0.2, -0.15) is 5.26 Å². The summed E-state index contributed by atoms with van der Waals surface area (Å²) in [5.74, 6) is -2.28. The smallest absolute Gasteiger partial charge is 0.329 e. The molecule has 0 bridgehead atoms. The van der Waals surface area contributed by atoms with E-state index in [0.29, 0.717) is 5.39 Å². The number of benzene rings is 1. The molecule has 26 heavy (non-hydrogen) atoms. The normalized spacial score (nSPS) is 25.4. The van der Waals surface area contributed by atoms with E-state index in [1.165, 1.54) is 12.1 Å². The van der Waals surface area contributed by atoms with Gasteiger partial charge >= 0.3 is 11.9 Å². The van der Waals surface area contributed by atoms with E-state index >= 15 is 0 Å². The Morgan fingerprint density at radius 2 is 2.12 bits per heavy atom. The molecule has 8 heteroatoms. The molecule has 3 rings (SSSR count). The number of aliphatic hydroxyl groups is 1. The maximum atomic E-state index is 12.7. The van der Waals surface area contributed by atoms with Crippen molar-refractivity contribution in [1.29, 1.82) is 5.26 Å². The molecular weight excluding hydrogens is 338 g/mol. The summed E-state index contributed by atoms with van der Waals surface area (Å²) < 4.78 is 5.37. The van der Waals surface area contributed by atoms with E-state index in [1.807, 2.05) is 6.07 Å². The Kier molecular flexibility index (Phi) is 4.59. The number of ether oxygens (including phenoxy) is 1. The predicted molar refractivity (Wildman–Crippen MR) is 90.0 cm³/mol. The molecule has 1 aromatic carbocycles. The number of carboxylic acids is 1. The first-order valence-electron chi connectivity index (χ1n) is 8.06. The van der Waals surface area contributed by atoms with Gasteiger partial charge in [-0.25, -0.2) is 4.98 Å². The Morgan fingerprint density at radius 3 is 2.77 bits per heavy atom. The van der Waals surface area contributed by atoms with Crippen molar-refractivity contribution in [2.24, 2.45) is 11.1 Å². The van der Waals surface area contributed by atoms with Crippen LogP contribution in [0.1, 0.15) is 25.0 Å². The third kappa shape index (κ3) is 2.98. The van der Waals surface area contributed by atoms with Crippen LogP contribution in [0.25, 0.3) is 10.9 Å². The van der Waals surface area contributed by atoms with Crippen molar-refractivity contribution in [3.63, 3.8) is 0 Å². The van der Waals surface area contributed by atoms with Gasteiger partial charge in [-0.15, -0.1) is 0 Å². The van der Waals surface area contributed by atoms with Crippen LogP contribution in [0.5, 0.6) is 5.75 Å². The second-order valence-electron chi connectivity index (χ2n) is 6.39. The van der Waals surface area contributed by atoms with E-state index in [4.69, 9.17) is 15.7 Å². The van der Waals surface area contributed by atoms with Gasteiger partial charge in [-0.3, -0.25) is 9.59 Å². The summed E-state index contributed by atoms with van der Waals surface area (Å²) in [6.07, 6.45) is -1.26. The molecule has 4 N–H and O–H groups in total. The van der Waals surface area contributed by atoms with Crippen molar-refractivity contribution in [3.8, 4) is 11.8 Å². The predicted octanol–water partition coefficient (Wildman–Crippen LogP) is 0.955. The van der Waals surface area contributed by atoms with Gasteiger partial charge in [0.15, 0.2) is 11.2 Å². The lowest BCUT2D eigenvalue weighted by Gasteiger charge is -2.36.